The standard InChI is InChI=1S/C18H25N3O4/c1-2-24-17(22)15-13(12-21-9-5-3-4-6-10-21)19-18(23)20-16(15)14-8-7-11-25-14/h7-8,11,16H,2-6,9-10,12H2,1H3,(H2,19,20,23). The number of rotatable bonds is 5. The second-order valence-corrected chi connectivity index (χ2v) is 6.35. The normalized spacial score (nSPS) is 22.1. The molecular weight excluding hydrogens is 322 g/mol. The summed E-state index contributed by atoms with van der Waals surface area (Å²) in [6.45, 7) is 4.50. The van der Waals surface area contributed by atoms with Crippen molar-refractivity contribution in [3.05, 3.63) is 35.4 Å². The molecule has 136 valence electrons. The third-order valence-corrected chi connectivity index (χ3v) is 4.56. The predicted molar refractivity (Wildman–Crippen MR) is 91.7 cm³/mol. The number of nitrogens with one attached hydrogen (secondary N) is 2. The molecule has 1 fully saturated rings. The largest absolute Gasteiger partial charge is 0.467 e. The molecule has 0 bridgehead atoms. The molecule has 2 aliphatic rings. The summed E-state index contributed by atoms with van der Waals surface area (Å²) in [5.74, 6) is 0.0903. The lowest BCUT2D eigenvalue weighted by Gasteiger charge is -2.30. The first-order chi connectivity index (χ1) is 12.2. The van der Waals surface area contributed by atoms with Crippen LogP contribution in [-0.2, 0) is 9.53 Å². The van der Waals surface area contributed by atoms with E-state index in [2.05, 4.69) is 15.5 Å². The minimum atomic E-state index is -0.634. The molecule has 1 saturated heterocycles. The van der Waals surface area contributed by atoms with Crippen molar-refractivity contribution in [2.45, 2.75) is 38.6 Å². The Bertz CT molecular complexity index is 631. The van der Waals surface area contributed by atoms with E-state index >= 15 is 0 Å². The van der Waals surface area contributed by atoms with Gasteiger partial charge in [-0.2, -0.15) is 0 Å². The maximum Gasteiger partial charge on any atom is 0.338 e. The fraction of sp³-hybridized carbons (Fsp3) is 0.556. The lowest BCUT2D eigenvalue weighted by Crippen LogP contribution is -2.48. The van der Waals surface area contributed by atoms with E-state index in [0.717, 1.165) is 25.9 Å². The van der Waals surface area contributed by atoms with Gasteiger partial charge in [-0.3, -0.25) is 4.90 Å². The molecule has 0 aliphatic carbocycles. The lowest BCUT2D eigenvalue weighted by molar-refractivity contribution is -0.139. The highest BCUT2D eigenvalue weighted by molar-refractivity contribution is 5.95. The second-order valence-electron chi connectivity index (χ2n) is 6.35. The number of hydrogen-bond donors (Lipinski definition) is 2. The van der Waals surface area contributed by atoms with Gasteiger partial charge in [0.15, 0.2) is 0 Å². The van der Waals surface area contributed by atoms with Crippen molar-refractivity contribution in [2.75, 3.05) is 26.2 Å². The summed E-state index contributed by atoms with van der Waals surface area (Å²) in [7, 11) is 0. The maximum absolute atomic E-state index is 12.6. The van der Waals surface area contributed by atoms with Gasteiger partial charge < -0.3 is 19.8 Å². The number of carbonyl (C=O) groups is 2. The van der Waals surface area contributed by atoms with Gasteiger partial charge in [0.2, 0.25) is 0 Å². The number of ether oxygens (including phenoxy) is 1. The first-order valence-electron chi connectivity index (χ1n) is 8.92. The summed E-state index contributed by atoms with van der Waals surface area (Å²) in [6, 6.07) is 2.52. The Morgan fingerprint density at radius 3 is 2.72 bits per heavy atom. The highest BCUT2D eigenvalue weighted by Gasteiger charge is 2.35. The summed E-state index contributed by atoms with van der Waals surface area (Å²) < 4.78 is 10.7. The molecule has 2 aliphatic heterocycles. The number of likely N-dealkylation sites (tertiary alicyclic amines) is 1. The molecule has 0 radical (unpaired) electrons. The van der Waals surface area contributed by atoms with Gasteiger partial charge in [-0.05, 0) is 45.0 Å². The Morgan fingerprint density at radius 1 is 1.32 bits per heavy atom. The number of carbonyl (C=O) groups excluding carboxylic acids is 2. The SMILES string of the molecule is CCOC(=O)C1=C(CN2CCCCCC2)NC(=O)NC1c1ccco1. The molecule has 3 rings (SSSR count). The average molecular weight is 347 g/mol. The molecule has 1 atom stereocenters. The molecule has 0 spiro atoms. The van der Waals surface area contributed by atoms with Crippen molar-refractivity contribution in [1.82, 2.24) is 15.5 Å². The first-order valence-corrected chi connectivity index (χ1v) is 8.92. The van der Waals surface area contributed by atoms with Crippen molar-refractivity contribution in [1.29, 1.82) is 0 Å². The fourth-order valence-corrected chi connectivity index (χ4v) is 3.38. The topological polar surface area (TPSA) is 83.8 Å². The Morgan fingerprint density at radius 2 is 2.08 bits per heavy atom. The van der Waals surface area contributed by atoms with Crippen molar-refractivity contribution >= 4 is 12.0 Å². The smallest absolute Gasteiger partial charge is 0.338 e. The van der Waals surface area contributed by atoms with Crippen molar-refractivity contribution in [3.63, 3.8) is 0 Å². The third-order valence-electron chi connectivity index (χ3n) is 4.56. The van der Waals surface area contributed by atoms with Crippen LogP contribution < -0.4 is 10.6 Å². The zero-order chi connectivity index (χ0) is 17.6. The highest BCUT2D eigenvalue weighted by Crippen LogP contribution is 2.28. The van der Waals surface area contributed by atoms with E-state index < -0.39 is 12.0 Å². The third kappa shape index (κ3) is 4.22. The number of amides is 2. The summed E-state index contributed by atoms with van der Waals surface area (Å²) in [6.07, 6.45) is 6.25. The zero-order valence-corrected chi connectivity index (χ0v) is 14.5. The number of hydrogen-bond acceptors (Lipinski definition) is 5. The molecule has 25 heavy (non-hydrogen) atoms. The van der Waals surface area contributed by atoms with Crippen molar-refractivity contribution < 1.29 is 18.7 Å². The molecule has 1 unspecified atom stereocenters. The Labute approximate surface area is 147 Å². The Kier molecular flexibility index (Phi) is 5.75. The monoisotopic (exact) mass is 347 g/mol. The van der Waals surface area contributed by atoms with Crippen LogP contribution in [0.5, 0.6) is 0 Å². The number of esters is 1. The average Bonchev–Trinajstić information content (AvgIpc) is 3.00. The van der Waals surface area contributed by atoms with E-state index in [1.54, 1.807) is 19.1 Å². The van der Waals surface area contributed by atoms with Crippen molar-refractivity contribution in [2.24, 2.45) is 0 Å². The van der Waals surface area contributed by atoms with E-state index in [9.17, 15) is 9.59 Å². The van der Waals surface area contributed by atoms with E-state index in [0.29, 0.717) is 23.6 Å². The van der Waals surface area contributed by atoms with Gasteiger partial charge >= 0.3 is 12.0 Å². The quantitative estimate of drug-likeness (QED) is 0.799. The van der Waals surface area contributed by atoms with Crippen LogP contribution in [0.4, 0.5) is 4.79 Å². The fourth-order valence-electron chi connectivity index (χ4n) is 3.38. The van der Waals surface area contributed by atoms with Gasteiger partial charge in [0, 0.05) is 12.2 Å². The Hall–Kier alpha value is -2.28. The second kappa shape index (κ2) is 8.20. The van der Waals surface area contributed by atoms with Gasteiger partial charge in [-0.25, -0.2) is 9.59 Å². The Balaban J connectivity index is 1.92. The summed E-state index contributed by atoms with van der Waals surface area (Å²) in [4.78, 5) is 27.0. The van der Waals surface area contributed by atoms with Gasteiger partial charge in [0.05, 0.1) is 18.4 Å². The molecule has 2 N–H and O–H groups in total. The van der Waals surface area contributed by atoms with Gasteiger partial charge in [-0.1, -0.05) is 12.8 Å². The number of nitrogens with zero attached hydrogens (tertiary/aromatic N) is 1. The van der Waals surface area contributed by atoms with Gasteiger partial charge in [0.1, 0.15) is 11.8 Å². The molecule has 2 amide bonds. The molecule has 7 nitrogen and oxygen atoms in total. The van der Waals surface area contributed by atoms with E-state index in [-0.39, 0.29) is 12.6 Å². The van der Waals surface area contributed by atoms with Crippen LogP contribution in [-0.4, -0.2) is 43.1 Å². The summed E-state index contributed by atoms with van der Waals surface area (Å²) in [5.41, 5.74) is 1.02. The molecule has 1 aromatic rings. The van der Waals surface area contributed by atoms with Crippen LogP contribution in [0, 0.1) is 0 Å². The molecule has 0 aromatic carbocycles. The molecular formula is C18H25N3O4. The lowest BCUT2D eigenvalue weighted by atomic mass is 10.00. The van der Waals surface area contributed by atoms with Crippen LogP contribution in [0.3, 0.4) is 0 Å². The van der Waals surface area contributed by atoms with Gasteiger partial charge in [0.25, 0.3) is 0 Å². The maximum atomic E-state index is 12.6. The number of furan rings is 1. The van der Waals surface area contributed by atoms with E-state index in [4.69, 9.17) is 9.15 Å². The van der Waals surface area contributed by atoms with Crippen LogP contribution in [0.25, 0.3) is 0 Å². The minimum Gasteiger partial charge on any atom is -0.467 e. The molecule has 7 heteroatoms. The predicted octanol–water partition coefficient (Wildman–Crippen LogP) is 2.33. The molecule has 3 heterocycles. The van der Waals surface area contributed by atoms with Crippen molar-refractivity contribution in [3.8, 4) is 0 Å². The first kappa shape index (κ1) is 17.5. The highest BCUT2D eigenvalue weighted by atomic mass is 16.5. The van der Waals surface area contributed by atoms with E-state index in [1.807, 2.05) is 0 Å². The summed E-state index contributed by atoms with van der Waals surface area (Å²) >= 11 is 0. The minimum absolute atomic E-state index is 0.276. The number of urea groups is 1. The van der Waals surface area contributed by atoms with Crippen LogP contribution >= 0.6 is 0 Å². The van der Waals surface area contributed by atoms with Gasteiger partial charge in [-0.15, -0.1) is 0 Å². The van der Waals surface area contributed by atoms with E-state index in [1.165, 1.54) is 19.1 Å². The molecule has 1 aromatic heterocycles. The van der Waals surface area contributed by atoms with Crippen LogP contribution in [0.1, 0.15) is 44.4 Å². The summed E-state index contributed by atoms with van der Waals surface area (Å²) in [5, 5.41) is 5.58. The zero-order valence-electron chi connectivity index (χ0n) is 14.5. The van der Waals surface area contributed by atoms with Crippen LogP contribution in [0.15, 0.2) is 34.1 Å². The van der Waals surface area contributed by atoms with Crippen LogP contribution in [0.2, 0.25) is 0 Å². The molecule has 0 saturated carbocycles.